The highest BCUT2D eigenvalue weighted by atomic mass is 16.5. The van der Waals surface area contributed by atoms with Gasteiger partial charge in [-0.1, -0.05) is 12.1 Å². The molecule has 0 saturated carbocycles. The Labute approximate surface area is 151 Å². The Hall–Kier alpha value is -2.86. The number of para-hydroxylation sites is 2. The lowest BCUT2D eigenvalue weighted by Crippen LogP contribution is -2.31. The second-order valence-corrected chi connectivity index (χ2v) is 6.33. The van der Waals surface area contributed by atoms with Crippen LogP contribution in [-0.4, -0.2) is 41.8 Å². The zero-order valence-corrected chi connectivity index (χ0v) is 14.6. The van der Waals surface area contributed by atoms with Crippen LogP contribution >= 0.6 is 0 Å². The fourth-order valence-electron chi connectivity index (χ4n) is 3.29. The number of benzene rings is 2. The smallest absolute Gasteiger partial charge is 0.251 e. The molecule has 0 bridgehead atoms. The van der Waals surface area contributed by atoms with E-state index in [1.54, 1.807) is 13.4 Å². The molecule has 26 heavy (non-hydrogen) atoms. The molecule has 0 aliphatic carbocycles. The Morgan fingerprint density at radius 3 is 3.04 bits per heavy atom. The molecule has 1 aromatic heterocycles. The number of imidazole rings is 1. The number of carbonyl (C=O) groups is 1. The van der Waals surface area contributed by atoms with Crippen LogP contribution in [0.5, 0.6) is 5.75 Å². The first-order valence-electron chi connectivity index (χ1n) is 8.76. The molecule has 0 radical (unpaired) electrons. The number of nitrogens with zero attached hydrogens (tertiary/aromatic N) is 2. The number of methoxy groups -OCH3 is 1. The van der Waals surface area contributed by atoms with Gasteiger partial charge in [-0.2, -0.15) is 0 Å². The lowest BCUT2D eigenvalue weighted by molar-refractivity contribution is 0.0858. The Bertz CT molecular complexity index is 929. The van der Waals surface area contributed by atoms with Gasteiger partial charge in [0, 0.05) is 18.7 Å². The number of hydrogen-bond donors (Lipinski definition) is 1. The first-order chi connectivity index (χ1) is 12.8. The van der Waals surface area contributed by atoms with Gasteiger partial charge in [0.1, 0.15) is 12.1 Å². The molecule has 1 aliphatic heterocycles. The van der Waals surface area contributed by atoms with E-state index in [0.29, 0.717) is 12.1 Å². The molecule has 1 fully saturated rings. The molecular weight excluding hydrogens is 330 g/mol. The Kier molecular flexibility index (Phi) is 4.58. The number of hydrogen-bond acceptors (Lipinski definition) is 4. The van der Waals surface area contributed by atoms with E-state index in [0.717, 1.165) is 41.9 Å². The van der Waals surface area contributed by atoms with Gasteiger partial charge in [0.15, 0.2) is 0 Å². The van der Waals surface area contributed by atoms with Crippen molar-refractivity contribution < 1.29 is 14.3 Å². The first-order valence-corrected chi connectivity index (χ1v) is 8.76. The minimum atomic E-state index is -0.103. The minimum Gasteiger partial charge on any atom is -0.495 e. The van der Waals surface area contributed by atoms with E-state index in [2.05, 4.69) is 10.3 Å². The zero-order valence-electron chi connectivity index (χ0n) is 14.6. The van der Waals surface area contributed by atoms with E-state index < -0.39 is 0 Å². The van der Waals surface area contributed by atoms with Crippen molar-refractivity contribution in [3.8, 4) is 11.4 Å². The molecule has 6 nitrogen and oxygen atoms in total. The van der Waals surface area contributed by atoms with E-state index >= 15 is 0 Å². The van der Waals surface area contributed by atoms with E-state index in [1.165, 1.54) is 0 Å². The molecular formula is C20H21N3O3. The van der Waals surface area contributed by atoms with Crippen molar-refractivity contribution in [2.24, 2.45) is 0 Å². The summed E-state index contributed by atoms with van der Waals surface area (Å²) in [6, 6.07) is 13.3. The molecule has 2 aromatic carbocycles. The lowest BCUT2D eigenvalue weighted by Gasteiger charge is -2.11. The summed E-state index contributed by atoms with van der Waals surface area (Å²) in [5, 5.41) is 2.94. The van der Waals surface area contributed by atoms with E-state index in [-0.39, 0.29) is 12.0 Å². The fraction of sp³-hybridized carbons (Fsp3) is 0.300. The Balaban J connectivity index is 1.58. The molecule has 4 rings (SSSR count). The third-order valence-electron chi connectivity index (χ3n) is 4.67. The van der Waals surface area contributed by atoms with Gasteiger partial charge < -0.3 is 14.8 Å². The normalized spacial score (nSPS) is 16.7. The van der Waals surface area contributed by atoms with E-state index in [4.69, 9.17) is 9.47 Å². The molecule has 1 amide bonds. The number of aromatic nitrogens is 2. The van der Waals surface area contributed by atoms with Crippen molar-refractivity contribution in [1.82, 2.24) is 14.9 Å². The molecule has 1 N–H and O–H groups in total. The van der Waals surface area contributed by atoms with Crippen LogP contribution < -0.4 is 10.1 Å². The second kappa shape index (κ2) is 7.17. The standard InChI is InChI=1S/C20H21N3O3/c1-25-19-7-3-2-6-18(19)23-13-22-16-11-14(8-9-17(16)23)20(24)21-12-15-5-4-10-26-15/h2-3,6-9,11,13,15H,4-5,10,12H2,1H3,(H,21,24)/t15-/m1/s1. The van der Waals surface area contributed by atoms with Crippen LogP contribution in [0.3, 0.4) is 0 Å². The van der Waals surface area contributed by atoms with Gasteiger partial charge in [-0.15, -0.1) is 0 Å². The maximum Gasteiger partial charge on any atom is 0.251 e. The van der Waals surface area contributed by atoms with Crippen LogP contribution in [0.25, 0.3) is 16.7 Å². The third kappa shape index (κ3) is 3.15. The molecule has 1 saturated heterocycles. The maximum atomic E-state index is 12.4. The number of amides is 1. The summed E-state index contributed by atoms with van der Waals surface area (Å²) < 4.78 is 12.9. The van der Waals surface area contributed by atoms with Gasteiger partial charge in [0.25, 0.3) is 5.91 Å². The predicted molar refractivity (Wildman–Crippen MR) is 98.9 cm³/mol. The SMILES string of the molecule is COc1ccccc1-n1cnc2cc(C(=O)NC[C@H]3CCCO3)ccc21. The average Bonchev–Trinajstić information content (AvgIpc) is 3.35. The summed E-state index contributed by atoms with van der Waals surface area (Å²) >= 11 is 0. The molecule has 6 heteroatoms. The van der Waals surface area contributed by atoms with Crippen molar-refractivity contribution in [2.75, 3.05) is 20.3 Å². The zero-order chi connectivity index (χ0) is 17.9. The lowest BCUT2D eigenvalue weighted by atomic mass is 10.1. The van der Waals surface area contributed by atoms with Crippen molar-refractivity contribution in [3.63, 3.8) is 0 Å². The fourth-order valence-corrected chi connectivity index (χ4v) is 3.29. The first kappa shape index (κ1) is 16.6. The number of carbonyl (C=O) groups excluding carboxylic acids is 1. The molecule has 3 aromatic rings. The summed E-state index contributed by atoms with van der Waals surface area (Å²) in [7, 11) is 1.65. The van der Waals surface area contributed by atoms with Gasteiger partial charge in [0.05, 0.1) is 29.9 Å². The average molecular weight is 351 g/mol. The highest BCUT2D eigenvalue weighted by Gasteiger charge is 2.17. The molecule has 1 atom stereocenters. The minimum absolute atomic E-state index is 0.103. The van der Waals surface area contributed by atoms with Crippen LogP contribution in [0.15, 0.2) is 48.8 Å². The summed E-state index contributed by atoms with van der Waals surface area (Å²) in [6.07, 6.45) is 3.94. The van der Waals surface area contributed by atoms with Gasteiger partial charge in [0.2, 0.25) is 0 Å². The number of rotatable bonds is 5. The number of nitrogens with one attached hydrogen (secondary N) is 1. The molecule has 0 spiro atoms. The summed E-state index contributed by atoms with van der Waals surface area (Å²) in [6.45, 7) is 1.33. The number of fused-ring (bicyclic) bond motifs is 1. The molecule has 134 valence electrons. The summed E-state index contributed by atoms with van der Waals surface area (Å²) in [5.74, 6) is 0.666. The predicted octanol–water partition coefficient (Wildman–Crippen LogP) is 2.94. The van der Waals surface area contributed by atoms with Crippen molar-refractivity contribution >= 4 is 16.9 Å². The van der Waals surface area contributed by atoms with Crippen molar-refractivity contribution in [3.05, 3.63) is 54.4 Å². The third-order valence-corrected chi connectivity index (χ3v) is 4.67. The van der Waals surface area contributed by atoms with Crippen LogP contribution in [0.4, 0.5) is 0 Å². The molecule has 0 unspecified atom stereocenters. The van der Waals surface area contributed by atoms with Crippen molar-refractivity contribution in [1.29, 1.82) is 0 Å². The quantitative estimate of drug-likeness (QED) is 0.768. The van der Waals surface area contributed by atoms with E-state index in [9.17, 15) is 4.79 Å². The Morgan fingerprint density at radius 2 is 2.23 bits per heavy atom. The van der Waals surface area contributed by atoms with Gasteiger partial charge >= 0.3 is 0 Å². The highest BCUT2D eigenvalue weighted by Crippen LogP contribution is 2.26. The number of ether oxygens (including phenoxy) is 2. The largest absolute Gasteiger partial charge is 0.495 e. The van der Waals surface area contributed by atoms with E-state index in [1.807, 2.05) is 47.0 Å². The topological polar surface area (TPSA) is 65.4 Å². The summed E-state index contributed by atoms with van der Waals surface area (Å²) in [4.78, 5) is 16.9. The monoisotopic (exact) mass is 351 g/mol. The van der Waals surface area contributed by atoms with Crippen molar-refractivity contribution in [2.45, 2.75) is 18.9 Å². The second-order valence-electron chi connectivity index (χ2n) is 6.33. The maximum absolute atomic E-state index is 12.4. The highest BCUT2D eigenvalue weighted by molar-refractivity contribution is 5.97. The Morgan fingerprint density at radius 1 is 1.35 bits per heavy atom. The van der Waals surface area contributed by atoms with Crippen LogP contribution in [0.1, 0.15) is 23.2 Å². The van der Waals surface area contributed by atoms with Crippen LogP contribution in [0.2, 0.25) is 0 Å². The van der Waals surface area contributed by atoms with Gasteiger partial charge in [-0.3, -0.25) is 9.36 Å². The van der Waals surface area contributed by atoms with Gasteiger partial charge in [-0.05, 0) is 43.2 Å². The molecule has 1 aliphatic rings. The van der Waals surface area contributed by atoms with Crippen LogP contribution in [-0.2, 0) is 4.74 Å². The van der Waals surface area contributed by atoms with Gasteiger partial charge in [-0.25, -0.2) is 4.98 Å². The van der Waals surface area contributed by atoms with Crippen LogP contribution in [0, 0.1) is 0 Å². The molecule has 2 heterocycles. The summed E-state index contributed by atoms with van der Waals surface area (Å²) in [5.41, 5.74) is 3.19.